The van der Waals surface area contributed by atoms with Crippen LogP contribution >= 0.6 is 35.3 Å². The van der Waals surface area contributed by atoms with E-state index in [1.807, 2.05) is 36.4 Å². The Morgan fingerprint density at radius 2 is 1.87 bits per heavy atom. The Kier molecular flexibility index (Phi) is 9.88. The van der Waals surface area contributed by atoms with E-state index in [2.05, 4.69) is 45.0 Å². The molecule has 1 atom stereocenters. The van der Waals surface area contributed by atoms with Crippen LogP contribution in [-0.2, 0) is 6.54 Å². The van der Waals surface area contributed by atoms with E-state index in [-0.39, 0.29) is 24.0 Å². The largest absolute Gasteiger partial charge is 0.497 e. The van der Waals surface area contributed by atoms with E-state index in [1.54, 1.807) is 31.7 Å². The van der Waals surface area contributed by atoms with Crippen molar-refractivity contribution < 1.29 is 9.47 Å². The van der Waals surface area contributed by atoms with E-state index in [0.29, 0.717) is 24.1 Å². The molecular weight excluding hydrogens is 511 g/mol. The SMILES string of the molecule is CN=C(NCc1ccc(Oc2ccc(OC)cc2)nc1)NCC(C)c1cccs1.I. The van der Waals surface area contributed by atoms with Crippen LogP contribution in [-0.4, -0.2) is 31.6 Å². The fourth-order valence-corrected chi connectivity index (χ4v) is 3.46. The lowest BCUT2D eigenvalue weighted by molar-refractivity contribution is 0.412. The molecule has 0 aliphatic carbocycles. The second kappa shape index (κ2) is 12.4. The van der Waals surface area contributed by atoms with Crippen LogP contribution in [0.5, 0.6) is 17.4 Å². The smallest absolute Gasteiger partial charge is 0.219 e. The number of benzene rings is 1. The van der Waals surface area contributed by atoms with Crippen LogP contribution in [0.1, 0.15) is 23.3 Å². The molecular formula is C22H27IN4O2S. The van der Waals surface area contributed by atoms with Gasteiger partial charge in [-0.1, -0.05) is 19.1 Å². The molecule has 8 heteroatoms. The van der Waals surface area contributed by atoms with Crippen LogP contribution in [0.3, 0.4) is 0 Å². The van der Waals surface area contributed by atoms with Gasteiger partial charge in [0, 0.05) is 43.2 Å². The molecule has 0 saturated carbocycles. The summed E-state index contributed by atoms with van der Waals surface area (Å²) in [6, 6.07) is 15.5. The quantitative estimate of drug-likeness (QED) is 0.239. The highest BCUT2D eigenvalue weighted by atomic mass is 127. The van der Waals surface area contributed by atoms with Crippen LogP contribution in [0.25, 0.3) is 0 Å². The molecule has 2 aromatic heterocycles. The zero-order valence-corrected chi connectivity index (χ0v) is 20.4. The van der Waals surface area contributed by atoms with Crippen LogP contribution in [0.4, 0.5) is 0 Å². The van der Waals surface area contributed by atoms with Gasteiger partial charge in [0.25, 0.3) is 0 Å². The molecule has 0 fully saturated rings. The van der Waals surface area contributed by atoms with E-state index >= 15 is 0 Å². The lowest BCUT2D eigenvalue weighted by atomic mass is 10.1. The predicted molar refractivity (Wildman–Crippen MR) is 134 cm³/mol. The van der Waals surface area contributed by atoms with E-state index < -0.39 is 0 Å². The van der Waals surface area contributed by atoms with Gasteiger partial charge in [-0.2, -0.15) is 0 Å². The normalized spacial score (nSPS) is 11.9. The van der Waals surface area contributed by atoms with Gasteiger partial charge in [-0.15, -0.1) is 35.3 Å². The summed E-state index contributed by atoms with van der Waals surface area (Å²) in [4.78, 5) is 10.0. The van der Waals surface area contributed by atoms with Crippen molar-refractivity contribution >= 4 is 41.3 Å². The molecule has 0 amide bonds. The number of nitrogens with zero attached hydrogens (tertiary/aromatic N) is 2. The van der Waals surface area contributed by atoms with E-state index in [0.717, 1.165) is 23.8 Å². The lowest BCUT2D eigenvalue weighted by Gasteiger charge is -2.15. The number of guanidine groups is 1. The topological polar surface area (TPSA) is 67.8 Å². The van der Waals surface area contributed by atoms with Gasteiger partial charge in [-0.05, 0) is 41.3 Å². The Hall–Kier alpha value is -2.33. The number of nitrogens with one attached hydrogen (secondary N) is 2. The molecule has 1 aromatic carbocycles. The summed E-state index contributed by atoms with van der Waals surface area (Å²) in [7, 11) is 3.41. The molecule has 0 bridgehead atoms. The number of methoxy groups -OCH3 is 1. The number of aliphatic imine (C=N–C) groups is 1. The van der Waals surface area contributed by atoms with Crippen molar-refractivity contribution in [2.75, 3.05) is 20.7 Å². The molecule has 0 aliphatic heterocycles. The lowest BCUT2D eigenvalue weighted by Crippen LogP contribution is -2.38. The van der Waals surface area contributed by atoms with Crippen LogP contribution in [0.2, 0.25) is 0 Å². The first-order chi connectivity index (χ1) is 14.2. The Morgan fingerprint density at radius 1 is 1.10 bits per heavy atom. The van der Waals surface area contributed by atoms with Crippen molar-refractivity contribution in [1.82, 2.24) is 15.6 Å². The number of hydrogen-bond donors (Lipinski definition) is 2. The summed E-state index contributed by atoms with van der Waals surface area (Å²) in [6.07, 6.45) is 1.80. The third-order valence-electron chi connectivity index (χ3n) is 4.37. The van der Waals surface area contributed by atoms with Gasteiger partial charge in [0.2, 0.25) is 5.88 Å². The minimum Gasteiger partial charge on any atom is -0.497 e. The molecule has 0 spiro atoms. The highest BCUT2D eigenvalue weighted by Gasteiger charge is 2.07. The molecule has 3 aromatic rings. The Balaban J connectivity index is 0.00000320. The zero-order valence-electron chi connectivity index (χ0n) is 17.3. The fraction of sp³-hybridized carbons (Fsp3) is 0.273. The molecule has 3 rings (SSSR count). The summed E-state index contributed by atoms with van der Waals surface area (Å²) in [5.41, 5.74) is 1.04. The minimum absolute atomic E-state index is 0. The van der Waals surface area contributed by atoms with Crippen molar-refractivity contribution in [3.05, 3.63) is 70.5 Å². The van der Waals surface area contributed by atoms with Crippen molar-refractivity contribution in [3.8, 4) is 17.4 Å². The van der Waals surface area contributed by atoms with E-state index in [4.69, 9.17) is 9.47 Å². The Labute approximate surface area is 198 Å². The van der Waals surface area contributed by atoms with Gasteiger partial charge in [0.15, 0.2) is 5.96 Å². The van der Waals surface area contributed by atoms with E-state index in [9.17, 15) is 0 Å². The molecule has 2 heterocycles. The molecule has 0 aliphatic rings. The second-order valence-electron chi connectivity index (χ2n) is 6.51. The highest BCUT2D eigenvalue weighted by Crippen LogP contribution is 2.22. The molecule has 30 heavy (non-hydrogen) atoms. The van der Waals surface area contributed by atoms with Crippen LogP contribution < -0.4 is 20.1 Å². The first-order valence-corrected chi connectivity index (χ1v) is 10.3. The van der Waals surface area contributed by atoms with Crippen molar-refractivity contribution in [1.29, 1.82) is 0 Å². The molecule has 1 unspecified atom stereocenters. The number of rotatable bonds is 8. The molecule has 0 radical (unpaired) electrons. The van der Waals surface area contributed by atoms with Crippen LogP contribution in [0.15, 0.2) is 65.1 Å². The second-order valence-corrected chi connectivity index (χ2v) is 7.48. The molecule has 2 N–H and O–H groups in total. The number of halogens is 1. The van der Waals surface area contributed by atoms with Gasteiger partial charge in [0.05, 0.1) is 7.11 Å². The maximum Gasteiger partial charge on any atom is 0.219 e. The number of aromatic nitrogens is 1. The Morgan fingerprint density at radius 3 is 2.47 bits per heavy atom. The Bertz CT molecular complexity index is 900. The third-order valence-corrected chi connectivity index (χ3v) is 5.47. The highest BCUT2D eigenvalue weighted by molar-refractivity contribution is 14.0. The maximum absolute atomic E-state index is 5.76. The standard InChI is InChI=1S/C22H26N4O2S.HI/c1-16(20-5-4-12-29-20)13-25-22(23-2)26-15-17-6-11-21(24-14-17)28-19-9-7-18(27-3)8-10-19;/h4-12,14,16H,13,15H2,1-3H3,(H2,23,25,26);1H. The van der Waals surface area contributed by atoms with Gasteiger partial charge in [-0.3, -0.25) is 4.99 Å². The van der Waals surface area contributed by atoms with Crippen molar-refractivity contribution in [2.45, 2.75) is 19.4 Å². The third kappa shape index (κ3) is 7.17. The van der Waals surface area contributed by atoms with E-state index in [1.165, 1.54) is 4.88 Å². The summed E-state index contributed by atoms with van der Waals surface area (Å²) < 4.78 is 10.9. The van der Waals surface area contributed by atoms with Gasteiger partial charge >= 0.3 is 0 Å². The summed E-state index contributed by atoms with van der Waals surface area (Å²) >= 11 is 1.78. The first kappa shape index (κ1) is 23.9. The van der Waals surface area contributed by atoms with Crippen molar-refractivity contribution in [2.24, 2.45) is 4.99 Å². The summed E-state index contributed by atoms with van der Waals surface area (Å²) in [5, 5.41) is 8.79. The van der Waals surface area contributed by atoms with Gasteiger partial charge < -0.3 is 20.1 Å². The van der Waals surface area contributed by atoms with Crippen molar-refractivity contribution in [3.63, 3.8) is 0 Å². The number of pyridine rings is 1. The summed E-state index contributed by atoms with van der Waals surface area (Å²) in [5.74, 6) is 3.26. The average molecular weight is 538 g/mol. The number of ether oxygens (including phenoxy) is 2. The molecule has 6 nitrogen and oxygen atoms in total. The van der Waals surface area contributed by atoms with Crippen LogP contribution in [0, 0.1) is 0 Å². The monoisotopic (exact) mass is 538 g/mol. The summed E-state index contributed by atoms with van der Waals surface area (Å²) in [6.45, 7) is 3.66. The first-order valence-electron chi connectivity index (χ1n) is 9.42. The molecule has 160 valence electrons. The number of thiophene rings is 1. The fourth-order valence-electron chi connectivity index (χ4n) is 2.67. The molecule has 0 saturated heterocycles. The van der Waals surface area contributed by atoms with Gasteiger partial charge in [-0.25, -0.2) is 4.98 Å². The number of hydrogen-bond acceptors (Lipinski definition) is 5. The maximum atomic E-state index is 5.76. The zero-order chi connectivity index (χ0) is 20.5. The predicted octanol–water partition coefficient (Wildman–Crippen LogP) is 5.03. The van der Waals surface area contributed by atoms with Gasteiger partial charge in [0.1, 0.15) is 11.5 Å². The minimum atomic E-state index is 0. The average Bonchev–Trinajstić information content (AvgIpc) is 3.30.